The number of nitrogens with one attached hydrogen (secondary N) is 1. The van der Waals surface area contributed by atoms with E-state index in [-0.39, 0.29) is 0 Å². The van der Waals surface area contributed by atoms with Crippen LogP contribution in [0, 0.1) is 0 Å². The molecule has 0 aliphatic heterocycles. The molecule has 0 saturated carbocycles. The lowest BCUT2D eigenvalue weighted by Gasteiger charge is -2.04. The largest absolute Gasteiger partial charge is 0.337 e. The van der Waals surface area contributed by atoms with Crippen molar-refractivity contribution in [1.82, 2.24) is 14.9 Å². The minimum Gasteiger partial charge on any atom is -0.337 e. The molecule has 0 aromatic carbocycles. The molecule has 1 unspecified atom stereocenters. The predicted octanol–water partition coefficient (Wildman–Crippen LogP) is 0.631. The summed E-state index contributed by atoms with van der Waals surface area (Å²) >= 11 is 0. The third-order valence-electron chi connectivity index (χ3n) is 2.11. The van der Waals surface area contributed by atoms with E-state index in [2.05, 4.69) is 14.9 Å². The average Bonchev–Trinajstić information content (AvgIpc) is 2.68. The summed E-state index contributed by atoms with van der Waals surface area (Å²) in [6.07, 6.45) is 9.45. The second-order valence-electron chi connectivity index (χ2n) is 3.53. The Morgan fingerprint density at radius 2 is 2.20 bits per heavy atom. The second kappa shape index (κ2) is 7.59. The van der Waals surface area contributed by atoms with E-state index in [1.165, 1.54) is 0 Å². The molecule has 5 heteroatoms. The van der Waals surface area contributed by atoms with Gasteiger partial charge in [0, 0.05) is 41.7 Å². The lowest BCUT2D eigenvalue weighted by Crippen LogP contribution is -2.19. The van der Waals surface area contributed by atoms with Gasteiger partial charge in [-0.15, -0.1) is 0 Å². The van der Waals surface area contributed by atoms with Crippen LogP contribution in [0.2, 0.25) is 0 Å². The van der Waals surface area contributed by atoms with Crippen molar-refractivity contribution in [3.05, 3.63) is 18.7 Å². The number of nitrogens with zero attached hydrogens (tertiary/aromatic N) is 2. The Hall–Kier alpha value is -0.680. The van der Waals surface area contributed by atoms with Crippen LogP contribution in [-0.2, 0) is 17.3 Å². The van der Waals surface area contributed by atoms with Crippen LogP contribution in [0.4, 0.5) is 0 Å². The second-order valence-corrected chi connectivity index (χ2v) is 5.09. The topological polar surface area (TPSA) is 46.9 Å². The molecule has 1 rings (SSSR count). The molecule has 0 bridgehead atoms. The van der Waals surface area contributed by atoms with Gasteiger partial charge in [-0.25, -0.2) is 4.98 Å². The SMILES string of the molecule is CS(=O)CCCNCCCn1ccnc1. The standard InChI is InChI=1S/C10H19N3OS/c1-15(14)9-3-5-11-4-2-7-13-8-6-12-10-13/h6,8,10-11H,2-5,7,9H2,1H3. The van der Waals surface area contributed by atoms with Gasteiger partial charge in [0.2, 0.25) is 0 Å². The number of hydrogen-bond acceptors (Lipinski definition) is 3. The molecule has 86 valence electrons. The van der Waals surface area contributed by atoms with Crippen LogP contribution in [0.15, 0.2) is 18.7 Å². The van der Waals surface area contributed by atoms with Crippen LogP contribution in [0.5, 0.6) is 0 Å². The number of aryl methyl sites for hydroxylation is 1. The van der Waals surface area contributed by atoms with Crippen molar-refractivity contribution in [1.29, 1.82) is 0 Å². The van der Waals surface area contributed by atoms with Crippen molar-refractivity contribution in [2.24, 2.45) is 0 Å². The summed E-state index contributed by atoms with van der Waals surface area (Å²) in [5.74, 6) is 0.800. The Kier molecular flexibility index (Phi) is 6.27. The fourth-order valence-corrected chi connectivity index (χ4v) is 1.88. The van der Waals surface area contributed by atoms with Gasteiger partial charge in [0.05, 0.1) is 6.33 Å². The molecule has 0 aliphatic carbocycles. The molecule has 0 amide bonds. The van der Waals surface area contributed by atoms with Crippen LogP contribution in [-0.4, -0.2) is 38.9 Å². The Morgan fingerprint density at radius 3 is 2.87 bits per heavy atom. The molecule has 1 aromatic rings. The molecule has 0 fully saturated rings. The van der Waals surface area contributed by atoms with Gasteiger partial charge in [0.25, 0.3) is 0 Å². The van der Waals surface area contributed by atoms with Crippen molar-refractivity contribution >= 4 is 10.8 Å². The molecule has 0 saturated heterocycles. The zero-order valence-electron chi connectivity index (χ0n) is 9.19. The van der Waals surface area contributed by atoms with E-state index < -0.39 is 10.8 Å². The maximum absolute atomic E-state index is 10.8. The summed E-state index contributed by atoms with van der Waals surface area (Å²) in [5.41, 5.74) is 0. The number of hydrogen-bond donors (Lipinski definition) is 1. The van der Waals surface area contributed by atoms with Crippen LogP contribution in [0.1, 0.15) is 12.8 Å². The first-order valence-electron chi connectivity index (χ1n) is 5.25. The molecule has 1 N–H and O–H groups in total. The van der Waals surface area contributed by atoms with E-state index in [0.29, 0.717) is 0 Å². The smallest absolute Gasteiger partial charge is 0.0945 e. The Balaban J connectivity index is 1.87. The summed E-state index contributed by atoms with van der Waals surface area (Å²) in [6, 6.07) is 0. The Morgan fingerprint density at radius 1 is 1.40 bits per heavy atom. The molecule has 0 aliphatic rings. The zero-order chi connectivity index (χ0) is 10.9. The van der Waals surface area contributed by atoms with Crippen molar-refractivity contribution < 1.29 is 4.21 Å². The van der Waals surface area contributed by atoms with Gasteiger partial charge in [-0.05, 0) is 25.9 Å². The quantitative estimate of drug-likeness (QED) is 0.665. The van der Waals surface area contributed by atoms with Gasteiger partial charge in [-0.1, -0.05) is 0 Å². The minimum absolute atomic E-state index is 0.649. The molecular formula is C10H19N3OS. The molecule has 0 spiro atoms. The fourth-order valence-electron chi connectivity index (χ4n) is 1.33. The van der Waals surface area contributed by atoms with Gasteiger partial charge >= 0.3 is 0 Å². The molecule has 4 nitrogen and oxygen atoms in total. The van der Waals surface area contributed by atoms with Gasteiger partial charge in [0.15, 0.2) is 0 Å². The van der Waals surface area contributed by atoms with E-state index in [0.717, 1.165) is 38.2 Å². The van der Waals surface area contributed by atoms with Crippen molar-refractivity contribution in [2.45, 2.75) is 19.4 Å². The minimum atomic E-state index is -0.649. The fraction of sp³-hybridized carbons (Fsp3) is 0.700. The number of aromatic nitrogens is 2. The molecule has 15 heavy (non-hydrogen) atoms. The zero-order valence-corrected chi connectivity index (χ0v) is 10.0. The summed E-state index contributed by atoms with van der Waals surface area (Å²) in [4.78, 5) is 3.98. The highest BCUT2D eigenvalue weighted by molar-refractivity contribution is 7.84. The first kappa shape index (κ1) is 12.4. The van der Waals surface area contributed by atoms with Crippen LogP contribution < -0.4 is 5.32 Å². The van der Waals surface area contributed by atoms with E-state index in [1.54, 1.807) is 12.5 Å². The van der Waals surface area contributed by atoms with Gasteiger partial charge in [-0.3, -0.25) is 4.21 Å². The Bertz CT molecular complexity index is 274. The lowest BCUT2D eigenvalue weighted by atomic mass is 10.4. The number of rotatable bonds is 8. The van der Waals surface area contributed by atoms with Crippen LogP contribution in [0.3, 0.4) is 0 Å². The third-order valence-corrected chi connectivity index (χ3v) is 2.98. The van der Waals surface area contributed by atoms with E-state index >= 15 is 0 Å². The first-order chi connectivity index (χ1) is 7.29. The highest BCUT2D eigenvalue weighted by Crippen LogP contribution is 1.89. The molecular weight excluding hydrogens is 210 g/mol. The monoisotopic (exact) mass is 229 g/mol. The van der Waals surface area contributed by atoms with E-state index in [9.17, 15) is 4.21 Å². The first-order valence-corrected chi connectivity index (χ1v) is 6.98. The number of imidazole rings is 1. The summed E-state index contributed by atoms with van der Waals surface area (Å²) in [6.45, 7) is 2.98. The Labute approximate surface area is 93.5 Å². The van der Waals surface area contributed by atoms with Crippen LogP contribution in [0.25, 0.3) is 0 Å². The van der Waals surface area contributed by atoms with Gasteiger partial charge in [-0.2, -0.15) is 0 Å². The average molecular weight is 229 g/mol. The molecule has 1 heterocycles. The molecule has 1 atom stereocenters. The van der Waals surface area contributed by atoms with E-state index in [1.807, 2.05) is 12.5 Å². The lowest BCUT2D eigenvalue weighted by molar-refractivity contribution is 0.578. The van der Waals surface area contributed by atoms with Crippen molar-refractivity contribution in [3.8, 4) is 0 Å². The summed E-state index contributed by atoms with van der Waals surface area (Å²) < 4.78 is 12.8. The van der Waals surface area contributed by atoms with Crippen LogP contribution >= 0.6 is 0 Å². The maximum Gasteiger partial charge on any atom is 0.0945 e. The highest BCUT2D eigenvalue weighted by atomic mass is 32.2. The third kappa shape index (κ3) is 6.41. The highest BCUT2D eigenvalue weighted by Gasteiger charge is 1.92. The molecule has 1 aromatic heterocycles. The predicted molar refractivity (Wildman–Crippen MR) is 63.3 cm³/mol. The van der Waals surface area contributed by atoms with E-state index in [4.69, 9.17) is 0 Å². The molecule has 0 radical (unpaired) electrons. The normalized spacial score (nSPS) is 12.9. The summed E-state index contributed by atoms with van der Waals surface area (Å²) in [7, 11) is -0.649. The van der Waals surface area contributed by atoms with Gasteiger partial charge in [0.1, 0.15) is 0 Å². The van der Waals surface area contributed by atoms with Crippen molar-refractivity contribution in [3.63, 3.8) is 0 Å². The van der Waals surface area contributed by atoms with Gasteiger partial charge < -0.3 is 9.88 Å². The maximum atomic E-state index is 10.8. The summed E-state index contributed by atoms with van der Waals surface area (Å²) in [5, 5.41) is 3.34. The van der Waals surface area contributed by atoms with Crippen molar-refractivity contribution in [2.75, 3.05) is 25.1 Å².